The zero-order valence-corrected chi connectivity index (χ0v) is 16.2. The van der Waals surface area contributed by atoms with E-state index >= 15 is 0 Å². The lowest BCUT2D eigenvalue weighted by Crippen LogP contribution is -2.50. The number of carbonyl (C=O) groups excluding carboxylic acids is 1. The lowest BCUT2D eigenvalue weighted by Gasteiger charge is -2.35. The van der Waals surface area contributed by atoms with E-state index in [4.69, 9.17) is 5.73 Å². The number of hydrogen-bond donors (Lipinski definition) is 2. The Hall–Kier alpha value is -3.35. The van der Waals surface area contributed by atoms with Crippen LogP contribution >= 0.6 is 11.3 Å². The van der Waals surface area contributed by atoms with Gasteiger partial charge in [0.2, 0.25) is 5.95 Å². The maximum Gasteiger partial charge on any atom is 0.573 e. The lowest BCUT2D eigenvalue weighted by atomic mass is 10.3. The molecule has 3 N–H and O–H groups in total. The number of benzene rings is 1. The molecule has 0 aliphatic carbocycles. The first-order valence-electron chi connectivity index (χ1n) is 8.82. The van der Waals surface area contributed by atoms with E-state index in [2.05, 4.69) is 25.0 Å². The number of halogens is 3. The highest BCUT2D eigenvalue weighted by Crippen LogP contribution is 2.27. The van der Waals surface area contributed by atoms with Crippen molar-refractivity contribution < 1.29 is 22.7 Å². The lowest BCUT2D eigenvalue weighted by molar-refractivity contribution is -0.274. The van der Waals surface area contributed by atoms with Crippen molar-refractivity contribution in [2.45, 2.75) is 6.36 Å². The van der Waals surface area contributed by atoms with E-state index in [1.165, 1.54) is 23.5 Å². The van der Waals surface area contributed by atoms with E-state index in [9.17, 15) is 18.0 Å². The van der Waals surface area contributed by atoms with Gasteiger partial charge in [0.25, 0.3) is 0 Å². The van der Waals surface area contributed by atoms with E-state index in [0.717, 1.165) is 12.1 Å². The monoisotopic (exact) mass is 439 g/mol. The molecule has 0 unspecified atom stereocenters. The maximum atomic E-state index is 12.5. The summed E-state index contributed by atoms with van der Waals surface area (Å²) in [7, 11) is 0. The summed E-state index contributed by atoms with van der Waals surface area (Å²) in [5, 5.41) is 2.67. The molecule has 1 aliphatic heterocycles. The van der Waals surface area contributed by atoms with Crippen LogP contribution in [0, 0.1) is 0 Å². The molecule has 13 heteroatoms. The summed E-state index contributed by atoms with van der Waals surface area (Å²) in [4.78, 5) is 29.5. The number of ether oxygens (including phenoxy) is 1. The van der Waals surface area contributed by atoms with Gasteiger partial charge < -0.3 is 25.6 Å². The number of hydrogen-bond acceptors (Lipinski definition) is 8. The second-order valence-corrected chi connectivity index (χ2v) is 7.22. The summed E-state index contributed by atoms with van der Waals surface area (Å²) < 4.78 is 40.5. The second kappa shape index (κ2) is 7.82. The van der Waals surface area contributed by atoms with Gasteiger partial charge in [0.1, 0.15) is 11.3 Å². The molecule has 0 bridgehead atoms. The average Bonchev–Trinajstić information content (AvgIpc) is 3.16. The highest BCUT2D eigenvalue weighted by atomic mass is 32.1. The highest BCUT2D eigenvalue weighted by molar-refractivity contribution is 7.16. The van der Waals surface area contributed by atoms with Crippen LogP contribution in [0.4, 0.5) is 35.4 Å². The van der Waals surface area contributed by atoms with Crippen molar-refractivity contribution in [3.63, 3.8) is 0 Å². The normalized spacial score (nSPS) is 14.8. The van der Waals surface area contributed by atoms with Crippen LogP contribution in [-0.4, -0.2) is 58.4 Å². The van der Waals surface area contributed by atoms with Crippen LogP contribution < -0.4 is 20.7 Å². The first kappa shape index (κ1) is 19.9. The molecule has 158 valence electrons. The standard InChI is InChI=1S/C17H16F3N7O2S/c18-17(19,20)29-11-3-1-10(2-4-11)23-16(28)27-7-5-26(6-8-27)13-12-14(30-9-22-12)25-15(21)24-13/h1-4,9H,5-8H2,(H,23,28)(H2,21,24,25). The Labute approximate surface area is 172 Å². The van der Waals surface area contributed by atoms with Crippen LogP contribution in [0.25, 0.3) is 10.3 Å². The van der Waals surface area contributed by atoms with E-state index in [1.807, 2.05) is 4.90 Å². The number of nitrogen functional groups attached to an aromatic ring is 1. The van der Waals surface area contributed by atoms with Gasteiger partial charge in [0.15, 0.2) is 10.6 Å². The number of urea groups is 1. The third kappa shape index (κ3) is 4.45. The Morgan fingerprint density at radius 3 is 2.50 bits per heavy atom. The minimum atomic E-state index is -4.76. The largest absolute Gasteiger partial charge is 0.573 e. The minimum absolute atomic E-state index is 0.167. The Morgan fingerprint density at radius 2 is 1.83 bits per heavy atom. The number of piperazine rings is 1. The summed E-state index contributed by atoms with van der Waals surface area (Å²) in [5.41, 5.74) is 8.50. The molecule has 1 fully saturated rings. The molecule has 9 nitrogen and oxygen atoms in total. The third-order valence-corrected chi connectivity index (χ3v) is 5.12. The predicted octanol–water partition coefficient (Wildman–Crippen LogP) is 2.92. The Morgan fingerprint density at radius 1 is 1.13 bits per heavy atom. The number of rotatable bonds is 3. The molecular formula is C17H16F3N7O2S. The predicted molar refractivity (Wildman–Crippen MR) is 106 cm³/mol. The Kier molecular flexibility index (Phi) is 5.20. The number of aromatic nitrogens is 3. The fourth-order valence-electron chi connectivity index (χ4n) is 3.05. The smallest absolute Gasteiger partial charge is 0.406 e. The topological polar surface area (TPSA) is 110 Å². The number of nitrogens with two attached hydrogens (primary N) is 1. The molecule has 2 amide bonds. The van der Waals surface area contributed by atoms with Crippen molar-refractivity contribution in [3.8, 4) is 5.75 Å². The molecule has 1 aliphatic rings. The van der Waals surface area contributed by atoms with E-state index < -0.39 is 6.36 Å². The van der Waals surface area contributed by atoms with Crippen molar-refractivity contribution in [3.05, 3.63) is 29.8 Å². The molecule has 3 heterocycles. The van der Waals surface area contributed by atoms with Gasteiger partial charge in [-0.3, -0.25) is 0 Å². The summed E-state index contributed by atoms with van der Waals surface area (Å²) in [5.74, 6) is 0.450. The Bertz CT molecular complexity index is 1050. The third-order valence-electron chi connectivity index (χ3n) is 4.40. The quantitative estimate of drug-likeness (QED) is 0.646. The van der Waals surface area contributed by atoms with Crippen molar-refractivity contribution in [2.75, 3.05) is 42.1 Å². The number of alkyl halides is 3. The molecule has 4 rings (SSSR count). The molecule has 0 radical (unpaired) electrons. The van der Waals surface area contributed by atoms with Gasteiger partial charge in [-0.05, 0) is 24.3 Å². The second-order valence-electron chi connectivity index (χ2n) is 6.39. The number of nitrogens with zero attached hydrogens (tertiary/aromatic N) is 5. The maximum absolute atomic E-state index is 12.5. The fraction of sp³-hybridized carbons (Fsp3) is 0.294. The molecule has 3 aromatic rings. The molecule has 0 spiro atoms. The summed E-state index contributed by atoms with van der Waals surface area (Å²) >= 11 is 1.38. The van der Waals surface area contributed by atoms with Gasteiger partial charge in [0, 0.05) is 31.9 Å². The first-order chi connectivity index (χ1) is 14.3. The van der Waals surface area contributed by atoms with E-state index in [-0.39, 0.29) is 17.7 Å². The van der Waals surface area contributed by atoms with Crippen LogP contribution in [0.2, 0.25) is 0 Å². The van der Waals surface area contributed by atoms with Crippen molar-refractivity contribution in [1.82, 2.24) is 19.9 Å². The molecule has 1 saturated heterocycles. The SMILES string of the molecule is Nc1nc(N2CCN(C(=O)Nc3ccc(OC(F)(F)F)cc3)CC2)c2ncsc2n1. The number of fused-ring (bicyclic) bond motifs is 1. The van der Waals surface area contributed by atoms with Crippen molar-refractivity contribution in [1.29, 1.82) is 0 Å². The van der Waals surface area contributed by atoms with Gasteiger partial charge in [0.05, 0.1) is 5.51 Å². The number of thiazole rings is 1. The van der Waals surface area contributed by atoms with Crippen LogP contribution in [0.3, 0.4) is 0 Å². The molecule has 0 saturated carbocycles. The first-order valence-corrected chi connectivity index (χ1v) is 9.70. The molecular weight excluding hydrogens is 423 g/mol. The minimum Gasteiger partial charge on any atom is -0.406 e. The van der Waals surface area contributed by atoms with Crippen LogP contribution in [0.5, 0.6) is 5.75 Å². The summed E-state index contributed by atoms with van der Waals surface area (Å²) in [6.07, 6.45) is -4.76. The van der Waals surface area contributed by atoms with Gasteiger partial charge in [-0.2, -0.15) is 4.98 Å². The van der Waals surface area contributed by atoms with E-state index in [0.29, 0.717) is 48.0 Å². The Balaban J connectivity index is 1.36. The van der Waals surface area contributed by atoms with Crippen molar-refractivity contribution in [2.24, 2.45) is 0 Å². The van der Waals surface area contributed by atoms with Crippen LogP contribution in [0.1, 0.15) is 0 Å². The van der Waals surface area contributed by atoms with Gasteiger partial charge in [-0.25, -0.2) is 14.8 Å². The molecule has 1 aromatic carbocycles. The summed E-state index contributed by atoms with van der Waals surface area (Å²) in [6, 6.07) is 4.62. The van der Waals surface area contributed by atoms with E-state index in [1.54, 1.807) is 10.4 Å². The number of anilines is 3. The zero-order valence-electron chi connectivity index (χ0n) is 15.4. The summed E-state index contributed by atoms with van der Waals surface area (Å²) in [6.45, 7) is 1.90. The van der Waals surface area contributed by atoms with Crippen LogP contribution in [-0.2, 0) is 0 Å². The van der Waals surface area contributed by atoms with Gasteiger partial charge in [-0.1, -0.05) is 0 Å². The average molecular weight is 439 g/mol. The van der Waals surface area contributed by atoms with Crippen LogP contribution in [0.15, 0.2) is 29.8 Å². The number of nitrogens with one attached hydrogen (secondary N) is 1. The molecule has 2 aromatic heterocycles. The fourth-order valence-corrected chi connectivity index (χ4v) is 3.71. The zero-order chi connectivity index (χ0) is 21.3. The molecule has 30 heavy (non-hydrogen) atoms. The number of carbonyl (C=O) groups is 1. The highest BCUT2D eigenvalue weighted by Gasteiger charge is 2.31. The number of amides is 2. The van der Waals surface area contributed by atoms with Gasteiger partial charge in [-0.15, -0.1) is 24.5 Å². The molecule has 0 atom stereocenters. The van der Waals surface area contributed by atoms with Gasteiger partial charge >= 0.3 is 12.4 Å². The van der Waals surface area contributed by atoms with Crippen molar-refractivity contribution >= 4 is 45.2 Å².